The zero-order chi connectivity index (χ0) is 17.7. The van der Waals surface area contributed by atoms with Crippen molar-refractivity contribution in [2.75, 3.05) is 0 Å². The third-order valence-electron chi connectivity index (χ3n) is 2.41. The van der Waals surface area contributed by atoms with Gasteiger partial charge in [0, 0.05) is 6.92 Å². The number of hydrogen-bond acceptors (Lipinski definition) is 0. The first-order chi connectivity index (χ1) is 8.71. The molecule has 200 valence electrons. The van der Waals surface area contributed by atoms with Gasteiger partial charge in [0.1, 0.15) is 0 Å². The summed E-state index contributed by atoms with van der Waals surface area (Å²) in [4.78, 5) is 0. The molecule has 0 radical (unpaired) electrons. The van der Waals surface area contributed by atoms with Crippen molar-refractivity contribution in [3.63, 3.8) is 0 Å². The average molecular weight is 489 g/mol. The minimum atomic E-state index is -7.23. The van der Waals surface area contributed by atoms with Crippen LogP contribution in [0.5, 0.6) is 0 Å². The molecule has 0 bridgehead atoms. The van der Waals surface area contributed by atoms with Crippen molar-refractivity contribution in [1.82, 2.24) is 0 Å². The van der Waals surface area contributed by atoms with Crippen LogP contribution in [0.15, 0.2) is 0 Å². The summed E-state index contributed by atoms with van der Waals surface area (Å²) < 4.78 is 152. The van der Waals surface area contributed by atoms with Gasteiger partial charge in [-0.1, -0.05) is 66.8 Å². The molecule has 0 fully saturated rings. The Balaban J connectivity index is -0.0000000556. The smallest absolute Gasteiger partial charge is 0.220 e. The van der Waals surface area contributed by atoms with Crippen molar-refractivity contribution < 1.29 is 52.7 Å². The van der Waals surface area contributed by atoms with Crippen molar-refractivity contribution in [1.29, 1.82) is 0 Å². The SMILES string of the molecule is C.C.C.C.C.C.C.C.C.CC(F)(F)CC(F)(F)C(F)(C(F)(F)F)C(F)(F)C(C)(F)F. The highest BCUT2D eigenvalue weighted by molar-refractivity contribution is 5.13. The largest absolute Gasteiger partial charge is 0.434 e. The summed E-state index contributed by atoms with van der Waals surface area (Å²) in [5, 5.41) is 0. The lowest BCUT2D eigenvalue weighted by molar-refractivity contribution is -0.404. The fourth-order valence-corrected chi connectivity index (χ4v) is 1.43. The van der Waals surface area contributed by atoms with E-state index in [1.165, 1.54) is 0 Å². The van der Waals surface area contributed by atoms with Gasteiger partial charge in [-0.05, 0) is 6.92 Å². The molecule has 0 spiro atoms. The third kappa shape index (κ3) is 11.0. The third-order valence-corrected chi connectivity index (χ3v) is 2.41. The van der Waals surface area contributed by atoms with Crippen LogP contribution in [0.2, 0.25) is 0 Å². The fraction of sp³-hybridized carbons (Fsp3) is 1.00. The molecule has 0 amide bonds. The van der Waals surface area contributed by atoms with Gasteiger partial charge in [0.05, 0.1) is 6.42 Å². The minimum absolute atomic E-state index is 0. The van der Waals surface area contributed by atoms with Gasteiger partial charge in [0.25, 0.3) is 5.92 Å². The van der Waals surface area contributed by atoms with Crippen LogP contribution in [0, 0.1) is 0 Å². The molecular weight excluding hydrogens is 444 g/mol. The maximum Gasteiger partial charge on any atom is 0.434 e. The molecule has 0 aromatic heterocycles. The van der Waals surface area contributed by atoms with E-state index in [0.717, 1.165) is 0 Å². The van der Waals surface area contributed by atoms with Gasteiger partial charge in [0.2, 0.25) is 0 Å². The zero-order valence-electron chi connectivity index (χ0n) is 10.2. The summed E-state index contributed by atoms with van der Waals surface area (Å²) in [7, 11) is 0. The number of halogens is 12. The normalized spacial score (nSPS) is 13.0. The van der Waals surface area contributed by atoms with Crippen LogP contribution in [-0.2, 0) is 0 Å². The molecule has 1 unspecified atom stereocenters. The van der Waals surface area contributed by atoms with E-state index in [9.17, 15) is 52.7 Å². The molecule has 12 heteroatoms. The lowest BCUT2D eigenvalue weighted by Gasteiger charge is -2.42. The molecule has 0 saturated carbocycles. The molecule has 0 aromatic rings. The van der Waals surface area contributed by atoms with Crippen molar-refractivity contribution in [3.8, 4) is 0 Å². The Hall–Kier alpha value is -0.840. The van der Waals surface area contributed by atoms with Crippen LogP contribution in [0.4, 0.5) is 52.7 Å². The molecule has 0 aliphatic carbocycles. The first-order valence-electron chi connectivity index (χ1n) is 4.97. The van der Waals surface area contributed by atoms with E-state index in [1.807, 2.05) is 0 Å². The second-order valence-corrected chi connectivity index (χ2v) is 4.57. The topological polar surface area (TPSA) is 0 Å². The van der Waals surface area contributed by atoms with Crippen molar-refractivity contribution >= 4 is 0 Å². The minimum Gasteiger partial charge on any atom is -0.220 e. The Morgan fingerprint density at radius 3 is 0.833 bits per heavy atom. The lowest BCUT2D eigenvalue weighted by Crippen LogP contribution is -2.71. The van der Waals surface area contributed by atoms with Gasteiger partial charge in [0.15, 0.2) is 0 Å². The van der Waals surface area contributed by atoms with Crippen LogP contribution in [-0.4, -0.2) is 35.5 Å². The standard InChI is InChI=1S/C9H8F12.9CH4/c1-4(10,11)3-6(14,15)7(16,9(19,20)21)8(17,18)5(2,12)13;;;;;;;;;/h3H2,1-2H3;9*1H4. The Kier molecular flexibility index (Phi) is 33.4. The molecule has 0 aliphatic rings. The van der Waals surface area contributed by atoms with Crippen LogP contribution < -0.4 is 0 Å². The number of rotatable bonds is 5. The lowest BCUT2D eigenvalue weighted by atomic mass is 9.83. The van der Waals surface area contributed by atoms with E-state index in [2.05, 4.69) is 0 Å². The molecular formula is C18H44F12. The maximum atomic E-state index is 13.4. The summed E-state index contributed by atoms with van der Waals surface area (Å²) in [5.41, 5.74) is -7.18. The Morgan fingerprint density at radius 1 is 0.467 bits per heavy atom. The van der Waals surface area contributed by atoms with Crippen molar-refractivity contribution in [3.05, 3.63) is 0 Å². The first-order valence-corrected chi connectivity index (χ1v) is 4.97. The molecule has 0 aromatic carbocycles. The van der Waals surface area contributed by atoms with Crippen LogP contribution >= 0.6 is 0 Å². The maximum absolute atomic E-state index is 13.4. The molecule has 0 aliphatic heterocycles. The summed E-state index contributed by atoms with van der Waals surface area (Å²) in [6.45, 7) is -1.34. The predicted molar refractivity (Wildman–Crippen MR) is 106 cm³/mol. The van der Waals surface area contributed by atoms with Crippen LogP contribution in [0.25, 0.3) is 0 Å². The molecule has 0 heterocycles. The van der Waals surface area contributed by atoms with Gasteiger partial charge in [-0.15, -0.1) is 0 Å². The van der Waals surface area contributed by atoms with Gasteiger partial charge in [-0.2, -0.15) is 22.0 Å². The summed E-state index contributed by atoms with van der Waals surface area (Å²) in [6.07, 6.45) is -10.6. The molecule has 1 atom stereocenters. The van der Waals surface area contributed by atoms with Gasteiger partial charge < -0.3 is 0 Å². The highest BCUT2D eigenvalue weighted by Gasteiger charge is 2.88. The Bertz CT molecular complexity index is 378. The molecule has 0 saturated heterocycles. The van der Waals surface area contributed by atoms with E-state index in [4.69, 9.17) is 0 Å². The van der Waals surface area contributed by atoms with Crippen molar-refractivity contribution in [2.24, 2.45) is 0 Å². The molecule has 30 heavy (non-hydrogen) atoms. The van der Waals surface area contributed by atoms with Gasteiger partial charge in [-0.3, -0.25) is 0 Å². The van der Waals surface area contributed by atoms with Gasteiger partial charge >= 0.3 is 29.6 Å². The first kappa shape index (κ1) is 63.0. The van der Waals surface area contributed by atoms with E-state index in [0.29, 0.717) is 0 Å². The van der Waals surface area contributed by atoms with E-state index in [-0.39, 0.29) is 66.8 Å². The highest BCUT2D eigenvalue weighted by atomic mass is 19.4. The molecule has 0 N–H and O–H groups in total. The van der Waals surface area contributed by atoms with Gasteiger partial charge in [-0.25, -0.2) is 30.7 Å². The van der Waals surface area contributed by atoms with Crippen LogP contribution in [0.1, 0.15) is 87.1 Å². The number of alkyl halides is 12. The van der Waals surface area contributed by atoms with E-state index < -0.39 is 55.8 Å². The quantitative estimate of drug-likeness (QED) is 0.338. The highest BCUT2D eigenvalue weighted by Crippen LogP contribution is 2.60. The second kappa shape index (κ2) is 15.9. The summed E-state index contributed by atoms with van der Waals surface area (Å²) in [6, 6.07) is 0. The van der Waals surface area contributed by atoms with E-state index in [1.54, 1.807) is 0 Å². The monoisotopic (exact) mass is 488 g/mol. The predicted octanol–water partition coefficient (Wildman–Crippen LogP) is 11.0. The Labute approximate surface area is 176 Å². The average Bonchev–Trinajstić information content (AvgIpc) is 2.07. The summed E-state index contributed by atoms with van der Waals surface area (Å²) >= 11 is 0. The number of hydrogen-bond donors (Lipinski definition) is 0. The van der Waals surface area contributed by atoms with E-state index >= 15 is 0 Å². The Morgan fingerprint density at radius 2 is 0.700 bits per heavy atom. The summed E-state index contributed by atoms with van der Waals surface area (Å²) in [5.74, 6) is -24.1. The molecule has 0 rings (SSSR count). The fourth-order valence-electron chi connectivity index (χ4n) is 1.43. The van der Waals surface area contributed by atoms with Crippen LogP contribution in [0.3, 0.4) is 0 Å². The van der Waals surface area contributed by atoms with Crippen molar-refractivity contribution in [2.45, 2.75) is 123 Å². The zero-order valence-corrected chi connectivity index (χ0v) is 10.2. The molecule has 0 nitrogen and oxygen atoms in total. The second-order valence-electron chi connectivity index (χ2n) is 4.57.